The number of para-hydroxylation sites is 2. The second-order valence-corrected chi connectivity index (χ2v) is 12.6. The summed E-state index contributed by atoms with van der Waals surface area (Å²) in [5, 5.41) is 8.30. The molecule has 1 aliphatic heterocycles. The summed E-state index contributed by atoms with van der Waals surface area (Å²) < 4.78 is 4.62. The van der Waals surface area contributed by atoms with Crippen molar-refractivity contribution in [1.29, 1.82) is 0 Å². The molecule has 0 aliphatic carbocycles. The van der Waals surface area contributed by atoms with Crippen LogP contribution in [0.1, 0.15) is 17.3 Å². The van der Waals surface area contributed by atoms with Crippen LogP contribution in [0.25, 0.3) is 71.8 Å². The van der Waals surface area contributed by atoms with E-state index in [2.05, 4.69) is 170 Å². The second kappa shape index (κ2) is 11.4. The molecule has 50 heavy (non-hydrogen) atoms. The van der Waals surface area contributed by atoms with Crippen LogP contribution in [0.4, 0.5) is 0 Å². The fourth-order valence-electron chi connectivity index (χ4n) is 7.43. The monoisotopic (exact) mass is 642 g/mol. The maximum absolute atomic E-state index is 5.13. The molecule has 9 aromatic rings. The Kier molecular flexibility index (Phi) is 6.45. The predicted molar refractivity (Wildman–Crippen MR) is 203 cm³/mol. The highest BCUT2D eigenvalue weighted by atomic mass is 15.0. The molecule has 0 saturated carbocycles. The zero-order valence-corrected chi connectivity index (χ0v) is 27.0. The summed E-state index contributed by atoms with van der Waals surface area (Å²) in [6, 6.07) is 44.8. The number of rotatable bonds is 5. The quantitative estimate of drug-likeness (QED) is 0.203. The van der Waals surface area contributed by atoms with Crippen LogP contribution in [0.2, 0.25) is 0 Å². The molecule has 0 amide bonds. The van der Waals surface area contributed by atoms with E-state index in [1.807, 2.05) is 24.8 Å². The molecule has 6 heteroatoms. The van der Waals surface area contributed by atoms with Gasteiger partial charge >= 0.3 is 0 Å². The number of allylic oxidation sites excluding steroid dienone is 2. The first kappa shape index (κ1) is 28.2. The molecule has 1 atom stereocenters. The van der Waals surface area contributed by atoms with E-state index in [4.69, 9.17) is 4.98 Å². The van der Waals surface area contributed by atoms with E-state index < -0.39 is 0 Å². The molecule has 1 N–H and O–H groups in total. The molecule has 6 heterocycles. The van der Waals surface area contributed by atoms with Gasteiger partial charge in [-0.25, -0.2) is 0 Å². The van der Waals surface area contributed by atoms with Crippen molar-refractivity contribution in [2.24, 2.45) is 0 Å². The first-order valence-corrected chi connectivity index (χ1v) is 16.8. The minimum atomic E-state index is -0.0304. The Morgan fingerprint density at radius 2 is 1.16 bits per heavy atom. The van der Waals surface area contributed by atoms with Crippen molar-refractivity contribution < 1.29 is 0 Å². The Hall–Kier alpha value is -6.79. The Morgan fingerprint density at radius 3 is 1.84 bits per heavy atom. The average Bonchev–Trinajstić information content (AvgIpc) is 3.71. The van der Waals surface area contributed by atoms with Crippen LogP contribution in [-0.2, 0) is 0 Å². The minimum absolute atomic E-state index is 0.0304. The van der Waals surface area contributed by atoms with Gasteiger partial charge in [0.25, 0.3) is 0 Å². The highest BCUT2D eigenvalue weighted by Crippen LogP contribution is 2.34. The molecule has 0 bridgehead atoms. The predicted octanol–water partition coefficient (Wildman–Crippen LogP) is 9.97. The number of aromatic nitrogens is 5. The number of benzene rings is 4. The standard InChI is InChI=1S/C44H30N6/c1-3-13-41-34(9-1)36-27-45-23-21-43(36)49(41)32-18-15-29(16-19-32)31-17-20-39(47-26-31)40-12-6-11-38(48-40)30-7-5-8-33(25-30)50-42-14-4-2-10-35(42)37-28-46-24-22-44(37)50/h1-28,39,47H. The Morgan fingerprint density at radius 1 is 0.520 bits per heavy atom. The van der Waals surface area contributed by atoms with Crippen molar-refractivity contribution in [3.8, 4) is 22.6 Å². The van der Waals surface area contributed by atoms with Gasteiger partial charge in [-0.3, -0.25) is 15.0 Å². The Bertz CT molecular complexity index is 2690. The van der Waals surface area contributed by atoms with Gasteiger partial charge in [0.1, 0.15) is 0 Å². The number of nitrogens with zero attached hydrogens (tertiary/aromatic N) is 5. The van der Waals surface area contributed by atoms with Gasteiger partial charge in [-0.05, 0) is 71.8 Å². The molecule has 6 nitrogen and oxygen atoms in total. The largest absolute Gasteiger partial charge is 0.379 e. The lowest BCUT2D eigenvalue weighted by Crippen LogP contribution is -2.17. The zero-order chi connectivity index (χ0) is 33.0. The zero-order valence-electron chi connectivity index (χ0n) is 27.0. The van der Waals surface area contributed by atoms with Crippen molar-refractivity contribution >= 4 is 49.2 Å². The fourth-order valence-corrected chi connectivity index (χ4v) is 7.43. The van der Waals surface area contributed by atoms with Crippen LogP contribution in [0.3, 0.4) is 0 Å². The summed E-state index contributed by atoms with van der Waals surface area (Å²) in [5.41, 5.74) is 12.1. The molecule has 4 aromatic carbocycles. The summed E-state index contributed by atoms with van der Waals surface area (Å²) in [7, 11) is 0. The summed E-state index contributed by atoms with van der Waals surface area (Å²) in [4.78, 5) is 13.9. The topological polar surface area (TPSA) is 60.6 Å². The van der Waals surface area contributed by atoms with Crippen molar-refractivity contribution in [3.63, 3.8) is 0 Å². The van der Waals surface area contributed by atoms with E-state index in [-0.39, 0.29) is 6.04 Å². The number of nitrogens with one attached hydrogen (secondary N) is 1. The van der Waals surface area contributed by atoms with Gasteiger partial charge < -0.3 is 14.5 Å². The lowest BCUT2D eigenvalue weighted by atomic mass is 10.0. The first-order chi connectivity index (χ1) is 24.8. The van der Waals surface area contributed by atoms with Crippen molar-refractivity contribution in [2.45, 2.75) is 6.04 Å². The smallest absolute Gasteiger partial charge is 0.0869 e. The van der Waals surface area contributed by atoms with E-state index in [0.717, 1.165) is 66.8 Å². The van der Waals surface area contributed by atoms with Crippen LogP contribution in [0.15, 0.2) is 171 Å². The van der Waals surface area contributed by atoms with Crippen LogP contribution in [-0.4, -0.2) is 24.1 Å². The SMILES string of the molecule is C1=CC(c2cccc(-c3cccc(-n4c5ccccc5c5cnccc54)c3)n2)NC=C1c1ccc(-n2c3ccccc3c3cnccc32)cc1. The van der Waals surface area contributed by atoms with Crippen molar-refractivity contribution in [2.75, 3.05) is 0 Å². The van der Waals surface area contributed by atoms with E-state index in [1.165, 1.54) is 16.3 Å². The number of fused-ring (bicyclic) bond motifs is 6. The van der Waals surface area contributed by atoms with Crippen molar-refractivity contribution in [1.82, 2.24) is 29.4 Å². The lowest BCUT2D eigenvalue weighted by Gasteiger charge is -2.19. The van der Waals surface area contributed by atoms with Gasteiger partial charge in [0.05, 0.1) is 39.5 Å². The lowest BCUT2D eigenvalue weighted by molar-refractivity contribution is 0.724. The van der Waals surface area contributed by atoms with Crippen LogP contribution < -0.4 is 5.32 Å². The van der Waals surface area contributed by atoms with Gasteiger partial charge in [0.15, 0.2) is 0 Å². The number of pyridine rings is 3. The average molecular weight is 643 g/mol. The van der Waals surface area contributed by atoms with Crippen LogP contribution in [0, 0.1) is 0 Å². The van der Waals surface area contributed by atoms with Gasteiger partial charge in [0, 0.05) is 69.5 Å². The summed E-state index contributed by atoms with van der Waals surface area (Å²) in [6.45, 7) is 0. The van der Waals surface area contributed by atoms with E-state index >= 15 is 0 Å². The summed E-state index contributed by atoms with van der Waals surface area (Å²) in [6.07, 6.45) is 14.1. The third-order valence-electron chi connectivity index (χ3n) is 9.78. The molecular formula is C44H30N6. The van der Waals surface area contributed by atoms with E-state index in [0.29, 0.717) is 0 Å². The number of dihydropyridines is 1. The fraction of sp³-hybridized carbons (Fsp3) is 0.0227. The molecule has 0 saturated heterocycles. The van der Waals surface area contributed by atoms with Crippen LogP contribution >= 0.6 is 0 Å². The van der Waals surface area contributed by atoms with E-state index in [1.54, 1.807) is 0 Å². The van der Waals surface area contributed by atoms with Crippen LogP contribution in [0.5, 0.6) is 0 Å². The van der Waals surface area contributed by atoms with Gasteiger partial charge in [-0.1, -0.05) is 78.9 Å². The maximum atomic E-state index is 5.13. The first-order valence-electron chi connectivity index (χ1n) is 16.8. The molecule has 236 valence electrons. The minimum Gasteiger partial charge on any atom is -0.379 e. The Labute approximate surface area is 288 Å². The highest BCUT2D eigenvalue weighted by Gasteiger charge is 2.17. The van der Waals surface area contributed by atoms with Gasteiger partial charge in [0.2, 0.25) is 0 Å². The van der Waals surface area contributed by atoms with Crippen molar-refractivity contribution in [3.05, 3.63) is 182 Å². The van der Waals surface area contributed by atoms with Gasteiger partial charge in [-0.2, -0.15) is 0 Å². The molecule has 5 aromatic heterocycles. The molecule has 0 spiro atoms. The second-order valence-electron chi connectivity index (χ2n) is 12.6. The third kappa shape index (κ3) is 4.54. The normalized spacial score (nSPS) is 14.4. The number of hydrogen-bond acceptors (Lipinski definition) is 4. The van der Waals surface area contributed by atoms with Gasteiger partial charge in [-0.15, -0.1) is 0 Å². The molecule has 1 unspecified atom stereocenters. The highest BCUT2D eigenvalue weighted by molar-refractivity contribution is 6.09. The number of hydrogen-bond donors (Lipinski definition) is 1. The Balaban J connectivity index is 0.920. The molecule has 0 fully saturated rings. The molecule has 0 radical (unpaired) electrons. The summed E-state index contributed by atoms with van der Waals surface area (Å²) >= 11 is 0. The maximum Gasteiger partial charge on any atom is 0.0869 e. The van der Waals surface area contributed by atoms with E-state index in [9.17, 15) is 0 Å². The molecular weight excluding hydrogens is 613 g/mol. The third-order valence-corrected chi connectivity index (χ3v) is 9.78. The molecule has 1 aliphatic rings. The summed E-state index contributed by atoms with van der Waals surface area (Å²) in [5.74, 6) is 0. The molecule has 10 rings (SSSR count).